The van der Waals surface area contributed by atoms with Gasteiger partial charge in [0.2, 0.25) is 5.91 Å². The van der Waals surface area contributed by atoms with Crippen LogP contribution in [0.15, 0.2) is 30.3 Å². The summed E-state index contributed by atoms with van der Waals surface area (Å²) in [6, 6.07) is 10.7. The SMILES string of the molecule is NCC1CCCC1NC(=O)C1(Cc2ccccc2)CC1. The van der Waals surface area contributed by atoms with Crippen LogP contribution in [-0.4, -0.2) is 18.5 Å². The van der Waals surface area contributed by atoms with Crippen LogP contribution in [0, 0.1) is 11.3 Å². The molecule has 0 spiro atoms. The molecule has 0 heterocycles. The second-order valence-electron chi connectivity index (χ2n) is 6.45. The third-order valence-corrected chi connectivity index (χ3v) is 5.00. The molecule has 2 fully saturated rings. The van der Waals surface area contributed by atoms with Crippen LogP contribution in [0.5, 0.6) is 0 Å². The number of hydrogen-bond donors (Lipinski definition) is 2. The minimum atomic E-state index is -0.136. The van der Waals surface area contributed by atoms with E-state index in [1.54, 1.807) is 0 Å². The Morgan fingerprint density at radius 2 is 2.00 bits per heavy atom. The maximum atomic E-state index is 12.6. The molecule has 1 aromatic rings. The number of carbonyl (C=O) groups excluding carboxylic acids is 1. The van der Waals surface area contributed by atoms with Crippen molar-refractivity contribution in [2.45, 2.75) is 44.6 Å². The molecule has 108 valence electrons. The van der Waals surface area contributed by atoms with Crippen LogP contribution in [0.3, 0.4) is 0 Å². The highest BCUT2D eigenvalue weighted by Crippen LogP contribution is 2.49. The van der Waals surface area contributed by atoms with Gasteiger partial charge < -0.3 is 11.1 Å². The fourth-order valence-electron chi connectivity index (χ4n) is 3.45. The van der Waals surface area contributed by atoms with Crippen molar-refractivity contribution in [2.75, 3.05) is 6.54 Å². The standard InChI is InChI=1S/C17H24N2O/c18-12-14-7-4-8-15(14)19-16(20)17(9-10-17)11-13-5-2-1-3-6-13/h1-3,5-6,14-15H,4,7-12,18H2,(H,19,20). The second-order valence-corrected chi connectivity index (χ2v) is 6.45. The molecule has 2 aliphatic carbocycles. The molecule has 1 aromatic carbocycles. The minimum Gasteiger partial charge on any atom is -0.353 e. The Balaban J connectivity index is 1.62. The fraction of sp³-hybridized carbons (Fsp3) is 0.588. The molecular formula is C17H24N2O. The van der Waals surface area contributed by atoms with Gasteiger partial charge in [0, 0.05) is 6.04 Å². The molecular weight excluding hydrogens is 248 g/mol. The normalized spacial score (nSPS) is 27.2. The van der Waals surface area contributed by atoms with Gasteiger partial charge in [0.25, 0.3) is 0 Å². The average Bonchev–Trinajstić information content (AvgIpc) is 3.11. The zero-order chi connectivity index (χ0) is 14.0. The smallest absolute Gasteiger partial charge is 0.226 e. The molecule has 2 aliphatic rings. The lowest BCUT2D eigenvalue weighted by atomic mass is 9.94. The van der Waals surface area contributed by atoms with Crippen LogP contribution in [0.4, 0.5) is 0 Å². The molecule has 3 heteroatoms. The van der Waals surface area contributed by atoms with E-state index in [4.69, 9.17) is 5.73 Å². The molecule has 0 bridgehead atoms. The van der Waals surface area contributed by atoms with E-state index in [-0.39, 0.29) is 11.3 Å². The van der Waals surface area contributed by atoms with Crippen molar-refractivity contribution in [3.05, 3.63) is 35.9 Å². The summed E-state index contributed by atoms with van der Waals surface area (Å²) in [5, 5.41) is 3.28. The van der Waals surface area contributed by atoms with E-state index < -0.39 is 0 Å². The van der Waals surface area contributed by atoms with Gasteiger partial charge in [-0.25, -0.2) is 0 Å². The zero-order valence-electron chi connectivity index (χ0n) is 12.0. The van der Waals surface area contributed by atoms with Crippen LogP contribution < -0.4 is 11.1 Å². The summed E-state index contributed by atoms with van der Waals surface area (Å²) in [5.41, 5.74) is 6.93. The summed E-state index contributed by atoms with van der Waals surface area (Å²) in [7, 11) is 0. The molecule has 20 heavy (non-hydrogen) atoms. The van der Waals surface area contributed by atoms with E-state index in [2.05, 4.69) is 17.4 Å². The predicted octanol–water partition coefficient (Wildman–Crippen LogP) is 2.25. The molecule has 3 N–H and O–H groups in total. The molecule has 0 aromatic heterocycles. The van der Waals surface area contributed by atoms with Crippen molar-refractivity contribution >= 4 is 5.91 Å². The van der Waals surface area contributed by atoms with Crippen LogP contribution >= 0.6 is 0 Å². The summed E-state index contributed by atoms with van der Waals surface area (Å²) < 4.78 is 0. The Kier molecular flexibility index (Phi) is 3.79. The quantitative estimate of drug-likeness (QED) is 0.864. The summed E-state index contributed by atoms with van der Waals surface area (Å²) >= 11 is 0. The lowest BCUT2D eigenvalue weighted by Gasteiger charge is -2.23. The topological polar surface area (TPSA) is 55.1 Å². The predicted molar refractivity (Wildman–Crippen MR) is 80.1 cm³/mol. The number of hydrogen-bond acceptors (Lipinski definition) is 2. The highest BCUT2D eigenvalue weighted by Gasteiger charge is 2.50. The number of nitrogens with one attached hydrogen (secondary N) is 1. The lowest BCUT2D eigenvalue weighted by Crippen LogP contribution is -2.44. The van der Waals surface area contributed by atoms with Gasteiger partial charge in [0.15, 0.2) is 0 Å². The largest absolute Gasteiger partial charge is 0.353 e. The highest BCUT2D eigenvalue weighted by molar-refractivity contribution is 5.86. The van der Waals surface area contributed by atoms with E-state index >= 15 is 0 Å². The molecule has 2 saturated carbocycles. The van der Waals surface area contributed by atoms with Crippen LogP contribution in [0.25, 0.3) is 0 Å². The third-order valence-electron chi connectivity index (χ3n) is 5.00. The van der Waals surface area contributed by atoms with Gasteiger partial charge in [0.1, 0.15) is 0 Å². The Morgan fingerprint density at radius 1 is 1.25 bits per heavy atom. The molecule has 2 atom stereocenters. The van der Waals surface area contributed by atoms with Crippen LogP contribution in [-0.2, 0) is 11.2 Å². The van der Waals surface area contributed by atoms with Crippen molar-refractivity contribution in [3.63, 3.8) is 0 Å². The number of nitrogens with two attached hydrogens (primary N) is 1. The first-order chi connectivity index (χ1) is 9.73. The van der Waals surface area contributed by atoms with Gasteiger partial charge in [-0.3, -0.25) is 4.79 Å². The number of amides is 1. The number of carbonyl (C=O) groups is 1. The molecule has 0 saturated heterocycles. The number of rotatable bonds is 5. The Bertz CT molecular complexity index is 467. The van der Waals surface area contributed by atoms with Gasteiger partial charge in [-0.05, 0) is 50.1 Å². The monoisotopic (exact) mass is 272 g/mol. The zero-order valence-corrected chi connectivity index (χ0v) is 12.0. The summed E-state index contributed by atoms with van der Waals surface area (Å²) in [6.45, 7) is 0.691. The van der Waals surface area contributed by atoms with Gasteiger partial charge >= 0.3 is 0 Å². The average molecular weight is 272 g/mol. The van der Waals surface area contributed by atoms with Crippen molar-refractivity contribution < 1.29 is 4.79 Å². The lowest BCUT2D eigenvalue weighted by molar-refractivity contribution is -0.127. The van der Waals surface area contributed by atoms with Crippen molar-refractivity contribution in [3.8, 4) is 0 Å². The summed E-state index contributed by atoms with van der Waals surface area (Å²) in [6.07, 6.45) is 6.36. The first-order valence-corrected chi connectivity index (χ1v) is 7.78. The first-order valence-electron chi connectivity index (χ1n) is 7.78. The van der Waals surface area contributed by atoms with E-state index in [0.29, 0.717) is 18.5 Å². The highest BCUT2D eigenvalue weighted by atomic mass is 16.2. The van der Waals surface area contributed by atoms with E-state index in [9.17, 15) is 4.79 Å². The van der Waals surface area contributed by atoms with Gasteiger partial charge in [-0.2, -0.15) is 0 Å². The van der Waals surface area contributed by atoms with Crippen molar-refractivity contribution in [1.82, 2.24) is 5.32 Å². The number of benzene rings is 1. The Hall–Kier alpha value is -1.35. The molecule has 0 aliphatic heterocycles. The molecule has 3 rings (SSSR count). The Labute approximate surface area is 120 Å². The van der Waals surface area contributed by atoms with Crippen molar-refractivity contribution in [2.24, 2.45) is 17.1 Å². The minimum absolute atomic E-state index is 0.136. The van der Waals surface area contributed by atoms with E-state index in [1.807, 2.05) is 18.2 Å². The third kappa shape index (κ3) is 2.73. The van der Waals surface area contributed by atoms with Crippen molar-refractivity contribution in [1.29, 1.82) is 0 Å². The van der Waals surface area contributed by atoms with Gasteiger partial charge in [0.05, 0.1) is 5.41 Å². The second kappa shape index (κ2) is 5.57. The van der Waals surface area contributed by atoms with E-state index in [1.165, 1.54) is 12.0 Å². The maximum Gasteiger partial charge on any atom is 0.226 e. The van der Waals surface area contributed by atoms with Gasteiger partial charge in [-0.15, -0.1) is 0 Å². The molecule has 0 radical (unpaired) electrons. The first kappa shape index (κ1) is 13.6. The maximum absolute atomic E-state index is 12.6. The van der Waals surface area contributed by atoms with Crippen LogP contribution in [0.2, 0.25) is 0 Å². The fourth-order valence-corrected chi connectivity index (χ4v) is 3.45. The molecule has 1 amide bonds. The van der Waals surface area contributed by atoms with E-state index in [0.717, 1.165) is 32.1 Å². The van der Waals surface area contributed by atoms with Gasteiger partial charge in [-0.1, -0.05) is 36.8 Å². The summed E-state index contributed by atoms with van der Waals surface area (Å²) in [4.78, 5) is 12.6. The summed E-state index contributed by atoms with van der Waals surface area (Å²) in [5.74, 6) is 0.734. The molecule has 3 nitrogen and oxygen atoms in total. The van der Waals surface area contributed by atoms with Crippen LogP contribution in [0.1, 0.15) is 37.7 Å². The Morgan fingerprint density at radius 3 is 2.65 bits per heavy atom. The molecule has 2 unspecified atom stereocenters.